The summed E-state index contributed by atoms with van der Waals surface area (Å²) in [6.45, 7) is 8.45. The summed E-state index contributed by atoms with van der Waals surface area (Å²) in [4.78, 5) is 4.30. The van der Waals surface area contributed by atoms with E-state index in [2.05, 4.69) is 28.7 Å². The van der Waals surface area contributed by atoms with Crippen LogP contribution in [0.2, 0.25) is 0 Å². The van der Waals surface area contributed by atoms with E-state index in [0.29, 0.717) is 5.92 Å². The summed E-state index contributed by atoms with van der Waals surface area (Å²) >= 11 is 0. The molecule has 0 bridgehead atoms. The molecule has 1 heterocycles. The number of aryl methyl sites for hydroxylation is 1. The standard InChI is InChI=1S/C14H27N3O2/c1-13(2)5-11-19-12-7-16-14-15-6-9-17(14)8-4-10-18-3/h6,9,13H,4-5,7-8,10-12H2,1-3H3,(H,15,16). The third-order valence-electron chi connectivity index (χ3n) is 2.83. The van der Waals surface area contributed by atoms with Gasteiger partial charge in [0.15, 0.2) is 0 Å². The highest BCUT2D eigenvalue weighted by molar-refractivity contribution is 5.25. The van der Waals surface area contributed by atoms with Gasteiger partial charge in [0.1, 0.15) is 0 Å². The van der Waals surface area contributed by atoms with E-state index in [1.165, 1.54) is 0 Å². The second-order valence-corrected chi connectivity index (χ2v) is 5.01. The second-order valence-electron chi connectivity index (χ2n) is 5.01. The van der Waals surface area contributed by atoms with Gasteiger partial charge in [-0.3, -0.25) is 0 Å². The molecule has 0 spiro atoms. The molecule has 0 unspecified atom stereocenters. The van der Waals surface area contributed by atoms with Crippen molar-refractivity contribution in [3.63, 3.8) is 0 Å². The molecule has 0 fully saturated rings. The number of hydrogen-bond donors (Lipinski definition) is 1. The lowest BCUT2D eigenvalue weighted by molar-refractivity contribution is 0.132. The summed E-state index contributed by atoms with van der Waals surface area (Å²) in [5, 5.41) is 3.29. The number of anilines is 1. The SMILES string of the molecule is COCCCn1ccnc1NCCOCCC(C)C. The molecule has 0 amide bonds. The van der Waals surface area contributed by atoms with Crippen LogP contribution in [0.3, 0.4) is 0 Å². The second kappa shape index (κ2) is 9.81. The van der Waals surface area contributed by atoms with Crippen LogP contribution in [0.25, 0.3) is 0 Å². The first kappa shape index (κ1) is 16.0. The number of imidazole rings is 1. The van der Waals surface area contributed by atoms with Crippen molar-refractivity contribution in [2.24, 2.45) is 5.92 Å². The largest absolute Gasteiger partial charge is 0.385 e. The minimum absolute atomic E-state index is 0.702. The molecule has 0 saturated heterocycles. The number of hydrogen-bond acceptors (Lipinski definition) is 4. The number of methoxy groups -OCH3 is 1. The van der Waals surface area contributed by atoms with Crippen LogP contribution in [0.1, 0.15) is 26.7 Å². The summed E-state index contributed by atoms with van der Waals surface area (Å²) < 4.78 is 12.7. The highest BCUT2D eigenvalue weighted by Gasteiger charge is 2.01. The van der Waals surface area contributed by atoms with Gasteiger partial charge in [-0.25, -0.2) is 4.98 Å². The fourth-order valence-electron chi connectivity index (χ4n) is 1.69. The molecule has 110 valence electrons. The number of aromatic nitrogens is 2. The first-order chi connectivity index (χ1) is 9.24. The summed E-state index contributed by atoms with van der Waals surface area (Å²) in [7, 11) is 1.72. The zero-order valence-electron chi connectivity index (χ0n) is 12.4. The Bertz CT molecular complexity index is 326. The normalized spacial score (nSPS) is 11.2. The molecule has 0 aliphatic rings. The molecule has 5 nitrogen and oxygen atoms in total. The molecule has 1 aromatic rings. The van der Waals surface area contributed by atoms with E-state index in [-0.39, 0.29) is 0 Å². The molecule has 5 heteroatoms. The lowest BCUT2D eigenvalue weighted by Crippen LogP contribution is -2.14. The van der Waals surface area contributed by atoms with Crippen LogP contribution in [0.4, 0.5) is 5.95 Å². The Balaban J connectivity index is 2.13. The van der Waals surface area contributed by atoms with Crippen molar-refractivity contribution in [2.75, 3.05) is 38.8 Å². The molecule has 1 rings (SSSR count). The maximum Gasteiger partial charge on any atom is 0.202 e. The van der Waals surface area contributed by atoms with Gasteiger partial charge in [0.05, 0.1) is 6.61 Å². The minimum atomic E-state index is 0.702. The van der Waals surface area contributed by atoms with Gasteiger partial charge in [-0.15, -0.1) is 0 Å². The molecule has 0 atom stereocenters. The molecule has 0 aromatic carbocycles. The Morgan fingerprint density at radius 3 is 2.89 bits per heavy atom. The highest BCUT2D eigenvalue weighted by Crippen LogP contribution is 2.05. The van der Waals surface area contributed by atoms with Crippen molar-refractivity contribution >= 4 is 5.95 Å². The van der Waals surface area contributed by atoms with E-state index in [1.807, 2.05) is 12.4 Å². The zero-order valence-corrected chi connectivity index (χ0v) is 12.4. The molecule has 0 aliphatic heterocycles. The molecule has 0 saturated carbocycles. The molecule has 0 radical (unpaired) electrons. The predicted molar refractivity (Wildman–Crippen MR) is 77.5 cm³/mol. The van der Waals surface area contributed by atoms with Gasteiger partial charge in [0.25, 0.3) is 0 Å². The van der Waals surface area contributed by atoms with Gasteiger partial charge in [0.2, 0.25) is 5.95 Å². The van der Waals surface area contributed by atoms with Gasteiger partial charge in [-0.05, 0) is 18.8 Å². The van der Waals surface area contributed by atoms with Crippen LogP contribution >= 0.6 is 0 Å². The van der Waals surface area contributed by atoms with Crippen molar-refractivity contribution in [3.05, 3.63) is 12.4 Å². The minimum Gasteiger partial charge on any atom is -0.385 e. The zero-order chi connectivity index (χ0) is 13.9. The van der Waals surface area contributed by atoms with E-state index in [9.17, 15) is 0 Å². The third kappa shape index (κ3) is 7.18. The lowest BCUT2D eigenvalue weighted by atomic mass is 10.1. The fourth-order valence-corrected chi connectivity index (χ4v) is 1.69. The maximum atomic E-state index is 5.56. The van der Waals surface area contributed by atoms with Crippen LogP contribution in [-0.4, -0.2) is 43.0 Å². The van der Waals surface area contributed by atoms with Gasteiger partial charge in [-0.2, -0.15) is 0 Å². The molecule has 1 aromatic heterocycles. The number of rotatable bonds is 11. The number of nitrogens with zero attached hydrogens (tertiary/aromatic N) is 2. The Labute approximate surface area is 116 Å². The average molecular weight is 269 g/mol. The van der Waals surface area contributed by atoms with Crippen molar-refractivity contribution in [3.8, 4) is 0 Å². The predicted octanol–water partition coefficient (Wildman–Crippen LogP) is 2.39. The molecule has 0 aliphatic carbocycles. The molecular weight excluding hydrogens is 242 g/mol. The summed E-state index contributed by atoms with van der Waals surface area (Å²) in [5.41, 5.74) is 0. The van der Waals surface area contributed by atoms with Crippen LogP contribution in [0, 0.1) is 5.92 Å². The van der Waals surface area contributed by atoms with E-state index < -0.39 is 0 Å². The Hall–Kier alpha value is -1.07. The van der Waals surface area contributed by atoms with E-state index >= 15 is 0 Å². The van der Waals surface area contributed by atoms with Crippen LogP contribution in [-0.2, 0) is 16.0 Å². The third-order valence-corrected chi connectivity index (χ3v) is 2.83. The van der Waals surface area contributed by atoms with Gasteiger partial charge in [0, 0.05) is 45.8 Å². The molecular formula is C14H27N3O2. The van der Waals surface area contributed by atoms with E-state index in [0.717, 1.165) is 51.7 Å². The summed E-state index contributed by atoms with van der Waals surface area (Å²) in [6, 6.07) is 0. The van der Waals surface area contributed by atoms with Gasteiger partial charge in [-0.1, -0.05) is 13.8 Å². The summed E-state index contributed by atoms with van der Waals surface area (Å²) in [5.74, 6) is 1.61. The Kier molecular flexibility index (Phi) is 8.25. The van der Waals surface area contributed by atoms with Crippen molar-refractivity contribution in [1.29, 1.82) is 0 Å². The molecule has 1 N–H and O–H groups in total. The Morgan fingerprint density at radius 2 is 2.16 bits per heavy atom. The first-order valence-corrected chi connectivity index (χ1v) is 7.05. The van der Waals surface area contributed by atoms with Crippen molar-refractivity contribution in [1.82, 2.24) is 9.55 Å². The quantitative estimate of drug-likeness (QED) is 0.627. The van der Waals surface area contributed by atoms with Crippen molar-refractivity contribution in [2.45, 2.75) is 33.2 Å². The maximum absolute atomic E-state index is 5.56. The van der Waals surface area contributed by atoms with Gasteiger partial charge >= 0.3 is 0 Å². The van der Waals surface area contributed by atoms with Crippen LogP contribution in [0.5, 0.6) is 0 Å². The monoisotopic (exact) mass is 269 g/mol. The topological polar surface area (TPSA) is 48.3 Å². The number of ether oxygens (including phenoxy) is 2. The van der Waals surface area contributed by atoms with Gasteiger partial charge < -0.3 is 19.4 Å². The van der Waals surface area contributed by atoms with E-state index in [1.54, 1.807) is 7.11 Å². The number of nitrogens with one attached hydrogen (secondary N) is 1. The highest BCUT2D eigenvalue weighted by atomic mass is 16.5. The Morgan fingerprint density at radius 1 is 1.32 bits per heavy atom. The fraction of sp³-hybridized carbons (Fsp3) is 0.786. The van der Waals surface area contributed by atoms with E-state index in [4.69, 9.17) is 9.47 Å². The van der Waals surface area contributed by atoms with Crippen molar-refractivity contribution < 1.29 is 9.47 Å². The lowest BCUT2D eigenvalue weighted by Gasteiger charge is -2.10. The smallest absolute Gasteiger partial charge is 0.202 e. The van der Waals surface area contributed by atoms with Crippen LogP contribution in [0.15, 0.2) is 12.4 Å². The first-order valence-electron chi connectivity index (χ1n) is 7.05. The molecule has 19 heavy (non-hydrogen) atoms. The van der Waals surface area contributed by atoms with Crippen LogP contribution < -0.4 is 5.32 Å². The summed E-state index contributed by atoms with van der Waals surface area (Å²) in [6.07, 6.45) is 5.91. The average Bonchev–Trinajstić information content (AvgIpc) is 2.81.